The Bertz CT molecular complexity index is 261. The number of likely N-dealkylation sites (N-methyl/N-ethyl adjacent to an activating group) is 2. The van der Waals surface area contributed by atoms with Crippen molar-refractivity contribution in [3.8, 4) is 0 Å². The highest BCUT2D eigenvalue weighted by atomic mass is 79.9. The summed E-state index contributed by atoms with van der Waals surface area (Å²) in [6.07, 6.45) is 11.4. The number of alkyl halides is 1. The van der Waals surface area contributed by atoms with Crippen LogP contribution in [0.4, 0.5) is 0 Å². The summed E-state index contributed by atoms with van der Waals surface area (Å²) >= 11 is 3.83. The van der Waals surface area contributed by atoms with E-state index in [4.69, 9.17) is 0 Å². The maximum atomic E-state index is 3.83. The third-order valence-electron chi connectivity index (χ3n) is 5.26. The topological polar surface area (TPSA) is 6.48 Å². The summed E-state index contributed by atoms with van der Waals surface area (Å²) in [5, 5.41) is 1.19. The van der Waals surface area contributed by atoms with Gasteiger partial charge in [-0.05, 0) is 51.7 Å². The summed E-state index contributed by atoms with van der Waals surface area (Å²) in [4.78, 5) is 5.17. The molecule has 0 radical (unpaired) electrons. The quantitative estimate of drug-likeness (QED) is 0.572. The van der Waals surface area contributed by atoms with Crippen LogP contribution in [0, 0.1) is 5.41 Å². The first-order valence-electron chi connectivity index (χ1n) is 8.10. The summed E-state index contributed by atoms with van der Waals surface area (Å²) in [7, 11) is 4.63. The van der Waals surface area contributed by atoms with Gasteiger partial charge in [-0.25, -0.2) is 0 Å². The van der Waals surface area contributed by atoms with Crippen LogP contribution >= 0.6 is 15.9 Å². The lowest BCUT2D eigenvalue weighted by Crippen LogP contribution is -2.49. The minimum Gasteiger partial charge on any atom is -0.305 e. The Morgan fingerprint density at radius 1 is 1.16 bits per heavy atom. The number of hydrogen-bond donors (Lipinski definition) is 0. The Balaban J connectivity index is 1.92. The fourth-order valence-electron chi connectivity index (χ4n) is 3.97. The van der Waals surface area contributed by atoms with Crippen molar-refractivity contribution in [2.75, 3.05) is 39.1 Å². The Morgan fingerprint density at radius 3 is 2.42 bits per heavy atom. The Hall–Kier alpha value is 0.400. The van der Waals surface area contributed by atoms with E-state index in [2.05, 4.69) is 39.8 Å². The van der Waals surface area contributed by atoms with Crippen molar-refractivity contribution in [3.63, 3.8) is 0 Å². The number of hydrogen-bond acceptors (Lipinski definition) is 2. The fourth-order valence-corrected chi connectivity index (χ4v) is 4.71. The van der Waals surface area contributed by atoms with Gasteiger partial charge >= 0.3 is 0 Å². The Kier molecular flexibility index (Phi) is 6.16. The molecule has 3 heteroatoms. The van der Waals surface area contributed by atoms with Crippen LogP contribution in [0.25, 0.3) is 0 Å². The van der Waals surface area contributed by atoms with Gasteiger partial charge in [0, 0.05) is 24.5 Å². The van der Waals surface area contributed by atoms with Gasteiger partial charge in [-0.1, -0.05) is 41.6 Å². The number of halogens is 1. The van der Waals surface area contributed by atoms with Gasteiger partial charge in [-0.2, -0.15) is 0 Å². The van der Waals surface area contributed by atoms with Crippen LogP contribution in [-0.4, -0.2) is 54.9 Å². The SMILES string of the molecule is CN1CCCC(N(C)CC2(CBr)CCCCCC2)C1. The summed E-state index contributed by atoms with van der Waals surface area (Å²) < 4.78 is 0. The third kappa shape index (κ3) is 4.44. The van der Waals surface area contributed by atoms with E-state index in [0.717, 1.165) is 6.04 Å². The minimum atomic E-state index is 0.543. The van der Waals surface area contributed by atoms with Crippen LogP contribution in [0.2, 0.25) is 0 Å². The molecular formula is C16H31BrN2. The lowest BCUT2D eigenvalue weighted by atomic mass is 9.81. The third-order valence-corrected chi connectivity index (χ3v) is 6.44. The molecule has 0 aromatic rings. The highest BCUT2D eigenvalue weighted by Gasteiger charge is 2.33. The number of piperidine rings is 1. The molecule has 2 aliphatic rings. The second kappa shape index (κ2) is 7.42. The predicted octanol–water partition coefficient (Wildman–Crippen LogP) is 3.75. The molecule has 0 N–H and O–H groups in total. The van der Waals surface area contributed by atoms with E-state index < -0.39 is 0 Å². The first-order chi connectivity index (χ1) is 9.15. The highest BCUT2D eigenvalue weighted by Crippen LogP contribution is 2.38. The molecule has 0 aromatic carbocycles. The summed E-state index contributed by atoms with van der Waals surface area (Å²) in [6.45, 7) is 3.83. The Labute approximate surface area is 128 Å². The molecule has 1 aliphatic heterocycles. The molecule has 0 spiro atoms. The van der Waals surface area contributed by atoms with Crippen molar-refractivity contribution in [2.45, 2.75) is 57.4 Å². The number of nitrogens with zero attached hydrogens (tertiary/aromatic N) is 2. The van der Waals surface area contributed by atoms with Crippen LogP contribution < -0.4 is 0 Å². The largest absolute Gasteiger partial charge is 0.305 e. The van der Waals surface area contributed by atoms with Crippen LogP contribution in [0.3, 0.4) is 0 Å². The molecule has 2 rings (SSSR count). The van der Waals surface area contributed by atoms with Crippen molar-refractivity contribution in [1.82, 2.24) is 9.80 Å². The van der Waals surface area contributed by atoms with Gasteiger partial charge in [0.05, 0.1) is 0 Å². The van der Waals surface area contributed by atoms with E-state index in [0.29, 0.717) is 5.41 Å². The van der Waals surface area contributed by atoms with E-state index in [1.807, 2.05) is 0 Å². The molecule has 0 amide bonds. The van der Waals surface area contributed by atoms with Crippen molar-refractivity contribution in [3.05, 3.63) is 0 Å². The lowest BCUT2D eigenvalue weighted by Gasteiger charge is -2.41. The van der Waals surface area contributed by atoms with Gasteiger partial charge in [0.25, 0.3) is 0 Å². The second-order valence-corrected chi connectivity index (χ2v) is 7.58. The van der Waals surface area contributed by atoms with Crippen molar-refractivity contribution >= 4 is 15.9 Å². The minimum absolute atomic E-state index is 0.543. The van der Waals surface area contributed by atoms with Gasteiger partial charge in [0.15, 0.2) is 0 Å². The summed E-state index contributed by atoms with van der Waals surface area (Å²) in [5.74, 6) is 0. The van der Waals surface area contributed by atoms with E-state index >= 15 is 0 Å². The van der Waals surface area contributed by atoms with E-state index in [-0.39, 0.29) is 0 Å². The normalized spacial score (nSPS) is 29.4. The predicted molar refractivity (Wildman–Crippen MR) is 87.1 cm³/mol. The van der Waals surface area contributed by atoms with Gasteiger partial charge in [0.2, 0.25) is 0 Å². The maximum Gasteiger partial charge on any atom is 0.0220 e. The molecule has 112 valence electrons. The molecule has 1 unspecified atom stereocenters. The first-order valence-corrected chi connectivity index (χ1v) is 9.22. The molecule has 1 heterocycles. The zero-order chi connectivity index (χ0) is 13.7. The molecule has 1 saturated carbocycles. The van der Waals surface area contributed by atoms with Crippen LogP contribution in [0.1, 0.15) is 51.4 Å². The Morgan fingerprint density at radius 2 is 1.84 bits per heavy atom. The first kappa shape index (κ1) is 15.8. The standard InChI is InChI=1S/C16H31BrN2/c1-18-11-7-8-15(12-18)19(2)14-16(13-17)9-5-3-4-6-10-16/h15H,3-14H2,1-2H3. The van der Waals surface area contributed by atoms with Gasteiger partial charge in [-0.3, -0.25) is 0 Å². The zero-order valence-electron chi connectivity index (χ0n) is 12.8. The smallest absolute Gasteiger partial charge is 0.0220 e. The van der Waals surface area contributed by atoms with Crippen molar-refractivity contribution in [2.24, 2.45) is 5.41 Å². The highest BCUT2D eigenvalue weighted by molar-refractivity contribution is 9.09. The second-order valence-electron chi connectivity index (χ2n) is 7.02. The average molecular weight is 331 g/mol. The lowest BCUT2D eigenvalue weighted by molar-refractivity contribution is 0.0883. The van der Waals surface area contributed by atoms with E-state index in [1.165, 1.54) is 76.3 Å². The van der Waals surface area contributed by atoms with Crippen LogP contribution in [0.5, 0.6) is 0 Å². The van der Waals surface area contributed by atoms with E-state index in [1.54, 1.807) is 0 Å². The van der Waals surface area contributed by atoms with Crippen molar-refractivity contribution < 1.29 is 0 Å². The molecule has 1 atom stereocenters. The molecule has 2 nitrogen and oxygen atoms in total. The van der Waals surface area contributed by atoms with Gasteiger partial charge in [-0.15, -0.1) is 0 Å². The van der Waals surface area contributed by atoms with Crippen LogP contribution in [0.15, 0.2) is 0 Å². The number of likely N-dealkylation sites (tertiary alicyclic amines) is 1. The molecule has 0 bridgehead atoms. The molecule has 0 aromatic heterocycles. The monoisotopic (exact) mass is 330 g/mol. The molecule has 1 saturated heterocycles. The maximum absolute atomic E-state index is 3.83. The van der Waals surface area contributed by atoms with Crippen molar-refractivity contribution in [1.29, 1.82) is 0 Å². The molecule has 2 fully saturated rings. The van der Waals surface area contributed by atoms with Gasteiger partial charge in [0.1, 0.15) is 0 Å². The van der Waals surface area contributed by atoms with Gasteiger partial charge < -0.3 is 9.80 Å². The molecule has 1 aliphatic carbocycles. The molecular weight excluding hydrogens is 300 g/mol. The zero-order valence-corrected chi connectivity index (χ0v) is 14.4. The van der Waals surface area contributed by atoms with Crippen LogP contribution in [-0.2, 0) is 0 Å². The number of rotatable bonds is 4. The van der Waals surface area contributed by atoms with E-state index in [9.17, 15) is 0 Å². The fraction of sp³-hybridized carbons (Fsp3) is 1.00. The summed E-state index contributed by atoms with van der Waals surface area (Å²) in [6, 6.07) is 0.776. The molecule has 19 heavy (non-hydrogen) atoms. The summed E-state index contributed by atoms with van der Waals surface area (Å²) in [5.41, 5.74) is 0.543. The average Bonchev–Trinajstić information content (AvgIpc) is 2.65.